The summed E-state index contributed by atoms with van der Waals surface area (Å²) in [4.78, 5) is 0. The number of allylic oxidation sites excluding steroid dienone is 1. The molecule has 0 aromatic carbocycles. The lowest BCUT2D eigenvalue weighted by molar-refractivity contribution is 0.247. The summed E-state index contributed by atoms with van der Waals surface area (Å²) in [6.45, 7) is 2.40. The molecule has 37 valence electrons. The molecule has 0 N–H and O–H groups in total. The zero-order valence-electron chi connectivity index (χ0n) is 4.14. The number of ether oxygens (including phenoxy) is 1. The Morgan fingerprint density at radius 1 is 1.86 bits per heavy atom. The van der Waals surface area contributed by atoms with Crippen LogP contribution in [0.2, 0.25) is 0 Å². The fourth-order valence-electron chi connectivity index (χ4n) is 0.151. The quantitative estimate of drug-likeness (QED) is 0.377. The zero-order valence-corrected chi connectivity index (χ0v) is 4.14. The molecule has 0 aliphatic rings. The predicted molar refractivity (Wildman–Crippen MR) is 25.1 cm³/mol. The van der Waals surface area contributed by atoms with E-state index in [2.05, 4.69) is 11.0 Å². The summed E-state index contributed by atoms with van der Waals surface area (Å²) in [6, 6.07) is 1.74. The first-order valence-corrected chi connectivity index (χ1v) is 2.00. The molecule has 7 heavy (non-hydrogen) atoms. The van der Waals surface area contributed by atoms with Crippen LogP contribution in [0.25, 0.3) is 0 Å². The van der Waals surface area contributed by atoms with Gasteiger partial charge in [0.2, 0.25) is 0 Å². The van der Waals surface area contributed by atoms with Crippen molar-refractivity contribution in [2.75, 3.05) is 6.61 Å². The second kappa shape index (κ2) is 5.03. The molecule has 2 nitrogen and oxygen atoms in total. The first-order chi connectivity index (χ1) is 3.41. The summed E-state index contributed by atoms with van der Waals surface area (Å²) < 4.78 is 4.55. The van der Waals surface area contributed by atoms with Gasteiger partial charge in [-0.15, -0.1) is 0 Å². The highest BCUT2D eigenvalue weighted by atomic mass is 16.5. The Labute approximate surface area is 43.0 Å². The third-order valence-electron chi connectivity index (χ3n) is 0.351. The van der Waals surface area contributed by atoms with Gasteiger partial charge in [-0.25, -0.2) is 0 Å². The van der Waals surface area contributed by atoms with Crippen LogP contribution in [0, 0.1) is 17.6 Å². The van der Waals surface area contributed by atoms with E-state index in [-0.39, 0.29) is 0 Å². The SMILES string of the molecule is CCO/[C]=C/C#N. The molecule has 0 atom stereocenters. The van der Waals surface area contributed by atoms with Crippen molar-refractivity contribution >= 4 is 0 Å². The van der Waals surface area contributed by atoms with Gasteiger partial charge in [0.25, 0.3) is 0 Å². The van der Waals surface area contributed by atoms with Gasteiger partial charge in [0, 0.05) is 0 Å². The van der Waals surface area contributed by atoms with E-state index in [4.69, 9.17) is 5.26 Å². The van der Waals surface area contributed by atoms with Crippen LogP contribution in [0.4, 0.5) is 0 Å². The summed E-state index contributed by atoms with van der Waals surface area (Å²) in [5, 5.41) is 7.84. The number of nitriles is 1. The van der Waals surface area contributed by atoms with E-state index in [1.807, 2.05) is 6.92 Å². The molecule has 0 aromatic rings. The molecule has 0 heterocycles. The van der Waals surface area contributed by atoms with Crippen molar-refractivity contribution in [1.29, 1.82) is 5.26 Å². The molecule has 0 aliphatic carbocycles. The molecular weight excluding hydrogens is 90.1 g/mol. The van der Waals surface area contributed by atoms with E-state index in [1.54, 1.807) is 6.07 Å². The molecule has 0 bridgehead atoms. The monoisotopic (exact) mass is 96.0 g/mol. The van der Waals surface area contributed by atoms with E-state index in [0.717, 1.165) is 0 Å². The maximum Gasteiger partial charge on any atom is 0.172 e. The largest absolute Gasteiger partial charge is 0.489 e. The highest BCUT2D eigenvalue weighted by molar-refractivity contribution is 4.94. The lowest BCUT2D eigenvalue weighted by Crippen LogP contribution is -1.75. The Hall–Kier alpha value is -0.970. The normalized spacial score (nSPS) is 8.57. The van der Waals surface area contributed by atoms with Gasteiger partial charge in [-0.2, -0.15) is 5.26 Å². The molecule has 0 aliphatic heterocycles. The van der Waals surface area contributed by atoms with Crippen LogP contribution >= 0.6 is 0 Å². The van der Waals surface area contributed by atoms with Crippen molar-refractivity contribution < 1.29 is 4.74 Å². The first kappa shape index (κ1) is 6.03. The fourth-order valence-corrected chi connectivity index (χ4v) is 0.151. The Bertz CT molecular complexity index is 90.7. The summed E-state index contributed by atoms with van der Waals surface area (Å²) in [7, 11) is 0. The topological polar surface area (TPSA) is 33.0 Å². The Morgan fingerprint density at radius 2 is 2.57 bits per heavy atom. The van der Waals surface area contributed by atoms with Crippen molar-refractivity contribution in [3.8, 4) is 6.07 Å². The van der Waals surface area contributed by atoms with Gasteiger partial charge in [0.15, 0.2) is 6.26 Å². The lowest BCUT2D eigenvalue weighted by Gasteiger charge is -1.83. The Balaban J connectivity index is 2.97. The number of nitrogens with zero attached hydrogens (tertiary/aromatic N) is 1. The van der Waals surface area contributed by atoms with Gasteiger partial charge in [0.1, 0.15) is 0 Å². The van der Waals surface area contributed by atoms with Crippen LogP contribution in [-0.4, -0.2) is 6.61 Å². The summed E-state index contributed by atoms with van der Waals surface area (Å²) >= 11 is 0. The molecule has 0 fully saturated rings. The second-order valence-electron chi connectivity index (χ2n) is 0.824. The number of rotatable bonds is 2. The molecule has 0 rings (SSSR count). The molecular formula is C5H6NO. The van der Waals surface area contributed by atoms with Crippen LogP contribution in [0.15, 0.2) is 6.08 Å². The van der Waals surface area contributed by atoms with Gasteiger partial charge in [-0.05, 0) is 6.92 Å². The lowest BCUT2D eigenvalue weighted by atomic mass is 10.7. The third kappa shape index (κ3) is 5.03. The van der Waals surface area contributed by atoms with Crippen molar-refractivity contribution in [2.45, 2.75) is 6.92 Å². The van der Waals surface area contributed by atoms with Gasteiger partial charge >= 0.3 is 0 Å². The molecule has 0 amide bonds. The molecule has 0 aromatic heterocycles. The summed E-state index contributed by atoms with van der Waals surface area (Å²) in [6.07, 6.45) is 3.47. The maximum atomic E-state index is 7.84. The van der Waals surface area contributed by atoms with Crippen LogP contribution in [0.3, 0.4) is 0 Å². The van der Waals surface area contributed by atoms with Gasteiger partial charge in [0.05, 0.1) is 18.8 Å². The highest BCUT2D eigenvalue weighted by Crippen LogP contribution is 1.70. The van der Waals surface area contributed by atoms with Crippen LogP contribution in [-0.2, 0) is 4.74 Å². The fraction of sp³-hybridized carbons (Fsp3) is 0.400. The number of hydrogen-bond donors (Lipinski definition) is 0. The minimum Gasteiger partial charge on any atom is -0.489 e. The van der Waals surface area contributed by atoms with Crippen molar-refractivity contribution in [3.63, 3.8) is 0 Å². The Morgan fingerprint density at radius 3 is 3.00 bits per heavy atom. The second-order valence-corrected chi connectivity index (χ2v) is 0.824. The van der Waals surface area contributed by atoms with Crippen LogP contribution in [0.5, 0.6) is 0 Å². The predicted octanol–water partition coefficient (Wildman–Crippen LogP) is 0.863. The summed E-state index contributed by atoms with van der Waals surface area (Å²) in [5.74, 6) is 0. The molecule has 0 spiro atoms. The average Bonchev–Trinajstić information content (AvgIpc) is 1.69. The highest BCUT2D eigenvalue weighted by Gasteiger charge is 1.65. The number of hydrogen-bond acceptors (Lipinski definition) is 2. The van der Waals surface area contributed by atoms with Crippen LogP contribution in [0.1, 0.15) is 6.92 Å². The molecule has 0 unspecified atom stereocenters. The zero-order chi connectivity index (χ0) is 5.54. The first-order valence-electron chi connectivity index (χ1n) is 2.00. The third-order valence-corrected chi connectivity index (χ3v) is 0.351. The molecule has 1 radical (unpaired) electrons. The van der Waals surface area contributed by atoms with Crippen molar-refractivity contribution in [1.82, 2.24) is 0 Å². The summed E-state index contributed by atoms with van der Waals surface area (Å²) in [5.41, 5.74) is 0. The molecule has 0 saturated carbocycles. The maximum absolute atomic E-state index is 7.84. The van der Waals surface area contributed by atoms with E-state index >= 15 is 0 Å². The van der Waals surface area contributed by atoms with Gasteiger partial charge < -0.3 is 4.74 Å². The van der Waals surface area contributed by atoms with E-state index < -0.39 is 0 Å². The molecule has 2 heteroatoms. The van der Waals surface area contributed by atoms with Crippen molar-refractivity contribution in [3.05, 3.63) is 12.3 Å². The average molecular weight is 96.1 g/mol. The van der Waals surface area contributed by atoms with E-state index in [1.165, 1.54) is 6.08 Å². The Kier molecular flexibility index (Phi) is 4.33. The van der Waals surface area contributed by atoms with Crippen LogP contribution < -0.4 is 0 Å². The van der Waals surface area contributed by atoms with Gasteiger partial charge in [-0.3, -0.25) is 0 Å². The van der Waals surface area contributed by atoms with E-state index in [0.29, 0.717) is 6.61 Å². The minimum absolute atomic E-state index is 0.568. The standard InChI is InChI=1S/C5H6NO/c1-2-7-5-3-4-6/h3H,2H2,1H3. The van der Waals surface area contributed by atoms with E-state index in [9.17, 15) is 0 Å². The molecule has 0 saturated heterocycles. The van der Waals surface area contributed by atoms with Crippen molar-refractivity contribution in [2.24, 2.45) is 0 Å². The minimum atomic E-state index is 0.568. The van der Waals surface area contributed by atoms with Gasteiger partial charge in [-0.1, -0.05) is 0 Å². The smallest absolute Gasteiger partial charge is 0.172 e.